The van der Waals surface area contributed by atoms with Crippen LogP contribution in [-0.4, -0.2) is 0 Å². The first kappa shape index (κ1) is 20.8. The lowest BCUT2D eigenvalue weighted by atomic mass is 10.0. The van der Waals surface area contributed by atoms with Gasteiger partial charge in [0.25, 0.3) is 0 Å². The Morgan fingerprint density at radius 3 is 1.64 bits per heavy atom. The van der Waals surface area contributed by atoms with Crippen molar-refractivity contribution in [3.63, 3.8) is 0 Å². The minimum absolute atomic E-state index is 0.579. The molecule has 0 atom stereocenters. The third kappa shape index (κ3) is 4.04. The lowest BCUT2D eigenvalue weighted by molar-refractivity contribution is 1.68. The highest BCUT2D eigenvalue weighted by molar-refractivity contribution is 9.10. The van der Waals surface area contributed by atoms with Crippen molar-refractivity contribution in [2.24, 2.45) is 0 Å². The zero-order chi connectivity index (χ0) is 22.2. The van der Waals surface area contributed by atoms with Gasteiger partial charge in [0.15, 0.2) is 0 Å². The normalized spacial score (nSPS) is 11.5. The minimum Gasteiger partial charge on any atom is -0.135 e. The van der Waals surface area contributed by atoms with E-state index in [0.717, 1.165) is 4.47 Å². The van der Waals surface area contributed by atoms with Crippen LogP contribution < -0.4 is 15.9 Å². The van der Waals surface area contributed by atoms with E-state index < -0.39 is 7.92 Å². The van der Waals surface area contributed by atoms with Gasteiger partial charge in [-0.15, -0.1) is 11.3 Å². The zero-order valence-electron chi connectivity index (χ0n) is 17.8. The van der Waals surface area contributed by atoms with Crippen molar-refractivity contribution >= 4 is 71.3 Å². The van der Waals surface area contributed by atoms with Crippen LogP contribution in [0.5, 0.6) is 0 Å². The van der Waals surface area contributed by atoms with Crippen LogP contribution in [0.1, 0.15) is 0 Å². The van der Waals surface area contributed by atoms with Crippen LogP contribution in [0.4, 0.5) is 0 Å². The number of fused-ring (bicyclic) bond motifs is 3. The van der Waals surface area contributed by atoms with Gasteiger partial charge in [0.1, 0.15) is 0 Å². The topological polar surface area (TPSA) is 0 Å². The maximum absolute atomic E-state index is 3.63. The Bertz CT molecular complexity index is 1510. The molecule has 0 amide bonds. The molecule has 0 aliphatic heterocycles. The molecule has 6 aromatic rings. The van der Waals surface area contributed by atoms with E-state index in [1.165, 1.54) is 47.2 Å². The first-order valence-corrected chi connectivity index (χ1v) is 13.8. The number of hydrogen-bond acceptors (Lipinski definition) is 1. The zero-order valence-corrected chi connectivity index (χ0v) is 21.1. The summed E-state index contributed by atoms with van der Waals surface area (Å²) < 4.78 is 3.79. The van der Waals surface area contributed by atoms with Crippen molar-refractivity contribution in [3.05, 3.63) is 126 Å². The van der Waals surface area contributed by atoms with E-state index in [4.69, 9.17) is 0 Å². The first-order valence-electron chi connectivity index (χ1n) is 10.9. The summed E-state index contributed by atoms with van der Waals surface area (Å²) in [5.74, 6) is 0. The van der Waals surface area contributed by atoms with Crippen molar-refractivity contribution < 1.29 is 0 Å². The van der Waals surface area contributed by atoms with Crippen molar-refractivity contribution in [3.8, 4) is 11.1 Å². The van der Waals surface area contributed by atoms with Crippen LogP contribution in [0, 0.1) is 0 Å². The van der Waals surface area contributed by atoms with Crippen LogP contribution in [0.2, 0.25) is 0 Å². The van der Waals surface area contributed by atoms with Gasteiger partial charge in [0.05, 0.1) is 0 Å². The van der Waals surface area contributed by atoms with Crippen molar-refractivity contribution in [1.82, 2.24) is 0 Å². The number of thiophene rings is 1. The highest BCUT2D eigenvalue weighted by atomic mass is 79.9. The Kier molecular flexibility index (Phi) is 5.60. The molecule has 5 aromatic carbocycles. The maximum atomic E-state index is 3.63. The summed E-state index contributed by atoms with van der Waals surface area (Å²) >= 11 is 5.49. The molecule has 0 saturated carbocycles. The summed E-state index contributed by atoms with van der Waals surface area (Å²) in [6.07, 6.45) is 0. The molecule has 1 heterocycles. The Hall–Kier alpha value is -2.77. The molecule has 158 valence electrons. The van der Waals surface area contributed by atoms with Crippen molar-refractivity contribution in [1.29, 1.82) is 0 Å². The van der Waals surface area contributed by atoms with E-state index in [0.29, 0.717) is 0 Å². The van der Waals surface area contributed by atoms with E-state index in [9.17, 15) is 0 Å². The molecule has 0 radical (unpaired) electrons. The van der Waals surface area contributed by atoms with Crippen LogP contribution in [0.3, 0.4) is 0 Å². The van der Waals surface area contributed by atoms with E-state index in [-0.39, 0.29) is 0 Å². The number of benzene rings is 5. The summed E-state index contributed by atoms with van der Waals surface area (Å²) in [6, 6.07) is 44.3. The Morgan fingerprint density at radius 1 is 0.485 bits per heavy atom. The second kappa shape index (κ2) is 8.88. The van der Waals surface area contributed by atoms with Gasteiger partial charge in [-0.2, -0.15) is 0 Å². The fraction of sp³-hybridized carbons (Fsp3) is 0. The van der Waals surface area contributed by atoms with Crippen LogP contribution in [-0.2, 0) is 0 Å². The summed E-state index contributed by atoms with van der Waals surface area (Å²) in [6.45, 7) is 0. The number of halogens is 1. The standard InChI is InChI=1S/C30H20BrPS/c31-23-14-18-30-28(20-23)27-19-22(13-17-29(27)33-30)21-11-15-26(16-12-21)32(24-7-3-1-4-8-24)25-9-5-2-6-10-25/h1-20H. The predicted octanol–water partition coefficient (Wildman–Crippen LogP) is 8.24. The minimum atomic E-state index is -0.579. The SMILES string of the molecule is Brc1ccc2sc3ccc(-c4ccc(P(c5ccccc5)c5ccccc5)cc4)cc3c2c1. The average Bonchev–Trinajstić information content (AvgIpc) is 3.23. The smallest absolute Gasteiger partial charge is 0.0356 e. The largest absolute Gasteiger partial charge is 0.135 e. The summed E-state index contributed by atoms with van der Waals surface area (Å²) in [5, 5.41) is 6.77. The second-order valence-corrected chi connectivity index (χ2v) is 12.2. The summed E-state index contributed by atoms with van der Waals surface area (Å²) in [4.78, 5) is 0. The maximum Gasteiger partial charge on any atom is 0.0356 e. The van der Waals surface area contributed by atoms with Crippen molar-refractivity contribution in [2.45, 2.75) is 0 Å². The Morgan fingerprint density at radius 2 is 1.00 bits per heavy atom. The van der Waals surface area contributed by atoms with Gasteiger partial charge < -0.3 is 0 Å². The number of hydrogen-bond donors (Lipinski definition) is 0. The monoisotopic (exact) mass is 522 g/mol. The molecule has 0 N–H and O–H groups in total. The second-order valence-electron chi connectivity index (χ2n) is 8.01. The molecular formula is C30H20BrPS. The quantitative estimate of drug-likeness (QED) is 0.204. The molecule has 0 aliphatic rings. The molecule has 0 unspecified atom stereocenters. The molecule has 0 spiro atoms. The third-order valence-electron chi connectivity index (χ3n) is 5.92. The molecule has 6 rings (SSSR count). The molecular weight excluding hydrogens is 503 g/mol. The van der Waals surface area contributed by atoms with Gasteiger partial charge in [-0.3, -0.25) is 0 Å². The molecule has 0 nitrogen and oxygen atoms in total. The summed E-state index contributed by atoms with van der Waals surface area (Å²) in [5.41, 5.74) is 2.52. The lowest BCUT2D eigenvalue weighted by Crippen LogP contribution is -2.20. The van der Waals surface area contributed by atoms with Gasteiger partial charge in [-0.25, -0.2) is 0 Å². The first-order chi connectivity index (χ1) is 16.3. The fourth-order valence-electron chi connectivity index (χ4n) is 4.33. The van der Waals surface area contributed by atoms with Gasteiger partial charge in [-0.1, -0.05) is 107 Å². The highest BCUT2D eigenvalue weighted by Crippen LogP contribution is 2.38. The van der Waals surface area contributed by atoms with Crippen molar-refractivity contribution in [2.75, 3.05) is 0 Å². The van der Waals surface area contributed by atoms with E-state index in [1.54, 1.807) is 0 Å². The fourth-order valence-corrected chi connectivity index (χ4v) is 8.04. The van der Waals surface area contributed by atoms with Gasteiger partial charge in [0, 0.05) is 24.6 Å². The molecule has 0 fully saturated rings. The van der Waals surface area contributed by atoms with Gasteiger partial charge in [0.2, 0.25) is 0 Å². The molecule has 0 saturated heterocycles. The summed E-state index contributed by atoms with van der Waals surface area (Å²) in [7, 11) is -0.579. The third-order valence-corrected chi connectivity index (χ3v) is 10.0. The van der Waals surface area contributed by atoms with Crippen LogP contribution in [0.25, 0.3) is 31.3 Å². The Balaban J connectivity index is 1.41. The Labute approximate surface area is 207 Å². The molecule has 3 heteroatoms. The number of rotatable bonds is 4. The molecule has 33 heavy (non-hydrogen) atoms. The predicted molar refractivity (Wildman–Crippen MR) is 151 cm³/mol. The highest BCUT2D eigenvalue weighted by Gasteiger charge is 2.16. The van der Waals surface area contributed by atoms with E-state index in [1.807, 2.05) is 11.3 Å². The lowest BCUT2D eigenvalue weighted by Gasteiger charge is -2.19. The van der Waals surface area contributed by atoms with Gasteiger partial charge >= 0.3 is 0 Å². The van der Waals surface area contributed by atoms with E-state index in [2.05, 4.69) is 137 Å². The molecule has 0 aliphatic carbocycles. The van der Waals surface area contributed by atoms with Crippen LogP contribution >= 0.6 is 35.2 Å². The molecule has 0 bridgehead atoms. The van der Waals surface area contributed by atoms with Gasteiger partial charge in [-0.05, 0) is 65.3 Å². The average molecular weight is 523 g/mol. The molecule has 1 aromatic heterocycles. The van der Waals surface area contributed by atoms with Crippen LogP contribution in [0.15, 0.2) is 126 Å². The van der Waals surface area contributed by atoms with E-state index >= 15 is 0 Å².